The number of aromatic carboxylic acids is 1. The summed E-state index contributed by atoms with van der Waals surface area (Å²) in [5.74, 6) is -0.288. The molecule has 38 heavy (non-hydrogen) atoms. The highest BCUT2D eigenvalue weighted by Gasteiger charge is 2.27. The zero-order chi connectivity index (χ0) is 26.8. The summed E-state index contributed by atoms with van der Waals surface area (Å²) in [5.41, 5.74) is 8.96. The van der Waals surface area contributed by atoms with Gasteiger partial charge in [0.2, 0.25) is 0 Å². The molecule has 5 rings (SSSR count). The van der Waals surface area contributed by atoms with Crippen molar-refractivity contribution in [1.29, 1.82) is 0 Å². The van der Waals surface area contributed by atoms with Crippen LogP contribution in [-0.2, 0) is 12.8 Å². The van der Waals surface area contributed by atoms with Crippen LogP contribution in [0.15, 0.2) is 54.6 Å². The highest BCUT2D eigenvalue weighted by atomic mass is 35.5. The number of carboxylic acid groups (broad SMARTS) is 1. The topological polar surface area (TPSA) is 40.5 Å². The number of hydrogen-bond donors (Lipinski definition) is 1. The van der Waals surface area contributed by atoms with Crippen molar-refractivity contribution in [2.75, 3.05) is 26.3 Å². The third-order valence-corrected chi connectivity index (χ3v) is 8.47. The van der Waals surface area contributed by atoms with Gasteiger partial charge in [0.1, 0.15) is 0 Å². The van der Waals surface area contributed by atoms with Crippen molar-refractivity contribution >= 4 is 40.3 Å². The van der Waals surface area contributed by atoms with Crippen molar-refractivity contribution in [3.8, 4) is 0 Å². The largest absolute Gasteiger partial charge is 0.478 e. The maximum Gasteiger partial charge on any atom is 0.335 e. The number of hydrogen-bond acceptors (Lipinski definition) is 2. The second-order valence-corrected chi connectivity index (χ2v) is 11.3. The van der Waals surface area contributed by atoms with E-state index < -0.39 is 5.97 Å². The molecular weight excluding hydrogens is 520 g/mol. The summed E-state index contributed by atoms with van der Waals surface area (Å²) >= 11 is 12.9. The fourth-order valence-corrected chi connectivity index (χ4v) is 6.54. The number of halogens is 3. The number of nitrogens with zero attached hydrogens (tertiary/aromatic N) is 1. The summed E-state index contributed by atoms with van der Waals surface area (Å²) in [6.45, 7) is 4.58. The van der Waals surface area contributed by atoms with Crippen LogP contribution in [0, 0.1) is 12.8 Å². The zero-order valence-corrected chi connectivity index (χ0v) is 23.1. The van der Waals surface area contributed by atoms with Crippen LogP contribution in [-0.4, -0.2) is 42.3 Å². The summed E-state index contributed by atoms with van der Waals surface area (Å²) < 4.78 is 12.5. The third-order valence-electron chi connectivity index (χ3n) is 7.92. The van der Waals surface area contributed by atoms with E-state index in [9.17, 15) is 14.3 Å². The Morgan fingerprint density at radius 3 is 2.45 bits per heavy atom. The number of carboxylic acids is 1. The molecule has 1 heterocycles. The molecule has 1 aliphatic heterocycles. The summed E-state index contributed by atoms with van der Waals surface area (Å²) in [5, 5.41) is 11.0. The summed E-state index contributed by atoms with van der Waals surface area (Å²) in [7, 11) is 0. The van der Waals surface area contributed by atoms with Crippen LogP contribution >= 0.6 is 23.2 Å². The number of likely N-dealkylation sites (tertiary alicyclic amines) is 1. The van der Waals surface area contributed by atoms with Crippen molar-refractivity contribution < 1.29 is 14.3 Å². The van der Waals surface area contributed by atoms with Crippen molar-refractivity contribution in [3.05, 3.63) is 104 Å². The molecule has 0 amide bonds. The third kappa shape index (κ3) is 5.54. The summed E-state index contributed by atoms with van der Waals surface area (Å²) in [4.78, 5) is 14.2. The number of rotatable bonds is 8. The Labute approximate surface area is 233 Å². The molecule has 0 radical (unpaired) electrons. The van der Waals surface area contributed by atoms with Crippen LogP contribution in [0.2, 0.25) is 10.0 Å². The van der Waals surface area contributed by atoms with E-state index in [2.05, 4.69) is 29.2 Å². The monoisotopic (exact) mass is 551 g/mol. The van der Waals surface area contributed by atoms with Crippen molar-refractivity contribution in [2.24, 2.45) is 5.92 Å². The molecule has 1 N–H and O–H groups in total. The molecule has 0 atom stereocenters. The van der Waals surface area contributed by atoms with Crippen LogP contribution in [0.5, 0.6) is 0 Å². The second-order valence-electron chi connectivity index (χ2n) is 10.5. The maximum absolute atomic E-state index is 12.5. The SMILES string of the molecule is Cc1c(C(=O)O)ccc2c1CCCC(c1ccc(Cl)cc1Cl)=C2c1ccc(CC2CN(CCCF)C2)cc1. The standard InChI is InChI=1S/C32H32Cl2FNO2/c1-20-25-4-2-5-28(27-11-10-24(33)17-30(27)34)31(29(25)13-12-26(20)32(37)38)23-8-6-21(7-9-23)16-22-18-36(19-22)15-3-14-35/h6-13,17,22H,2-5,14-16,18-19H2,1H3,(H,37,38). The Hall–Kier alpha value is -2.66. The molecule has 1 aliphatic carbocycles. The van der Waals surface area contributed by atoms with Crippen molar-refractivity contribution in [3.63, 3.8) is 0 Å². The van der Waals surface area contributed by atoms with Crippen LogP contribution < -0.4 is 0 Å². The lowest BCUT2D eigenvalue weighted by atomic mass is 9.85. The molecule has 3 aromatic carbocycles. The lowest BCUT2D eigenvalue weighted by molar-refractivity contribution is 0.0696. The first-order chi connectivity index (χ1) is 18.4. The summed E-state index contributed by atoms with van der Waals surface area (Å²) in [6.07, 6.45) is 4.16. The minimum absolute atomic E-state index is 0.248. The van der Waals surface area contributed by atoms with Gasteiger partial charge in [0, 0.05) is 29.7 Å². The fourth-order valence-electron chi connectivity index (χ4n) is 6.02. The molecule has 1 saturated heterocycles. The van der Waals surface area contributed by atoms with Crippen LogP contribution in [0.3, 0.4) is 0 Å². The molecule has 2 aliphatic rings. The number of alkyl halides is 1. The van der Waals surface area contributed by atoms with E-state index in [-0.39, 0.29) is 6.67 Å². The average Bonchev–Trinajstić information content (AvgIpc) is 3.06. The molecule has 3 nitrogen and oxygen atoms in total. The van der Waals surface area contributed by atoms with Gasteiger partial charge in [-0.15, -0.1) is 0 Å². The predicted molar refractivity (Wildman–Crippen MR) is 154 cm³/mol. The van der Waals surface area contributed by atoms with Crippen LogP contribution in [0.4, 0.5) is 4.39 Å². The highest BCUT2D eigenvalue weighted by molar-refractivity contribution is 6.36. The Bertz CT molecular complexity index is 1380. The van der Waals surface area contributed by atoms with Gasteiger partial charge in [-0.05, 0) is 108 Å². The van der Waals surface area contributed by atoms with E-state index in [1.54, 1.807) is 12.1 Å². The Kier molecular flexibility index (Phi) is 8.23. The quantitative estimate of drug-likeness (QED) is 0.307. The molecule has 1 fully saturated rings. The van der Waals surface area contributed by atoms with Gasteiger partial charge in [-0.3, -0.25) is 4.39 Å². The summed E-state index contributed by atoms with van der Waals surface area (Å²) in [6, 6.07) is 18.1. The number of carbonyl (C=O) groups is 1. The molecule has 0 unspecified atom stereocenters. The van der Waals surface area contributed by atoms with Gasteiger partial charge in [-0.25, -0.2) is 4.79 Å². The molecule has 0 saturated carbocycles. The van der Waals surface area contributed by atoms with Gasteiger partial charge < -0.3 is 10.0 Å². The molecule has 3 aromatic rings. The van der Waals surface area contributed by atoms with Gasteiger partial charge >= 0.3 is 5.97 Å². The van der Waals surface area contributed by atoms with Gasteiger partial charge in [-0.2, -0.15) is 0 Å². The first-order valence-corrected chi connectivity index (χ1v) is 14.0. The van der Waals surface area contributed by atoms with E-state index >= 15 is 0 Å². The van der Waals surface area contributed by atoms with E-state index in [0.717, 1.165) is 84.3 Å². The molecule has 0 aromatic heterocycles. The molecule has 6 heteroatoms. The molecule has 198 valence electrons. The lowest BCUT2D eigenvalue weighted by Crippen LogP contribution is -2.47. The number of benzene rings is 3. The fraction of sp³-hybridized carbons (Fsp3) is 0.344. The second kappa shape index (κ2) is 11.6. The lowest BCUT2D eigenvalue weighted by Gasteiger charge is -2.39. The molecular formula is C32H32Cl2FNO2. The number of fused-ring (bicyclic) bond motifs is 1. The first-order valence-electron chi connectivity index (χ1n) is 13.3. The predicted octanol–water partition coefficient (Wildman–Crippen LogP) is 8.13. The van der Waals surface area contributed by atoms with Crippen molar-refractivity contribution in [1.82, 2.24) is 4.90 Å². The van der Waals surface area contributed by atoms with E-state index in [1.807, 2.05) is 25.1 Å². The smallest absolute Gasteiger partial charge is 0.335 e. The average molecular weight is 553 g/mol. The van der Waals surface area contributed by atoms with E-state index in [1.165, 1.54) is 5.56 Å². The Balaban J connectivity index is 1.54. The minimum Gasteiger partial charge on any atom is -0.478 e. The van der Waals surface area contributed by atoms with Gasteiger partial charge in [0.15, 0.2) is 0 Å². The molecule has 0 spiro atoms. The first kappa shape index (κ1) is 26.9. The Morgan fingerprint density at radius 2 is 1.76 bits per heavy atom. The number of allylic oxidation sites excluding steroid dienone is 1. The normalized spacial score (nSPS) is 16.2. The van der Waals surface area contributed by atoms with E-state index in [4.69, 9.17) is 23.2 Å². The van der Waals surface area contributed by atoms with Crippen molar-refractivity contribution in [2.45, 2.75) is 39.0 Å². The zero-order valence-electron chi connectivity index (χ0n) is 21.6. The van der Waals surface area contributed by atoms with Gasteiger partial charge in [-0.1, -0.05) is 59.6 Å². The highest BCUT2D eigenvalue weighted by Crippen LogP contribution is 2.43. The van der Waals surface area contributed by atoms with Gasteiger partial charge in [0.05, 0.1) is 12.2 Å². The Morgan fingerprint density at radius 1 is 1.03 bits per heavy atom. The van der Waals surface area contributed by atoms with E-state index in [0.29, 0.717) is 27.9 Å². The van der Waals surface area contributed by atoms with Gasteiger partial charge in [0.25, 0.3) is 0 Å². The van der Waals surface area contributed by atoms with Crippen LogP contribution in [0.1, 0.15) is 63.0 Å². The maximum atomic E-state index is 12.5. The molecule has 0 bridgehead atoms. The minimum atomic E-state index is -0.898. The van der Waals surface area contributed by atoms with Crippen LogP contribution in [0.25, 0.3) is 11.1 Å².